The molecule has 0 radical (unpaired) electrons. The summed E-state index contributed by atoms with van der Waals surface area (Å²) in [6, 6.07) is 4.03. The highest BCUT2D eigenvalue weighted by Crippen LogP contribution is 2.36. The highest BCUT2D eigenvalue weighted by Gasteiger charge is 2.26. The second kappa shape index (κ2) is 5.68. The Hall–Kier alpha value is -1.16. The van der Waals surface area contributed by atoms with Crippen LogP contribution in [0.25, 0.3) is 11.0 Å². The summed E-state index contributed by atoms with van der Waals surface area (Å²) in [5.74, 6) is 0. The summed E-state index contributed by atoms with van der Waals surface area (Å²) in [6.07, 6.45) is 10.4. The van der Waals surface area contributed by atoms with Crippen LogP contribution in [-0.2, 0) is 0 Å². The minimum absolute atomic E-state index is 0.420. The molecule has 0 aromatic carbocycles. The van der Waals surface area contributed by atoms with E-state index in [0.29, 0.717) is 5.41 Å². The van der Waals surface area contributed by atoms with Crippen molar-refractivity contribution in [2.75, 3.05) is 11.9 Å². The van der Waals surface area contributed by atoms with Crippen molar-refractivity contribution in [2.45, 2.75) is 39.0 Å². The van der Waals surface area contributed by atoms with Gasteiger partial charge in [-0.1, -0.05) is 26.2 Å². The number of halogens is 1. The van der Waals surface area contributed by atoms with Gasteiger partial charge in [-0.15, -0.1) is 0 Å². The monoisotopic (exact) mass is 333 g/mol. The Kier molecular flexibility index (Phi) is 3.92. The van der Waals surface area contributed by atoms with E-state index in [2.05, 4.69) is 38.1 Å². The van der Waals surface area contributed by atoms with Crippen LogP contribution in [-0.4, -0.2) is 16.5 Å². The molecule has 0 saturated heterocycles. The molecule has 3 nitrogen and oxygen atoms in total. The Labute approximate surface area is 128 Å². The minimum atomic E-state index is 0.420. The molecule has 2 heterocycles. The summed E-state index contributed by atoms with van der Waals surface area (Å²) < 4.78 is 0.967. The molecule has 1 saturated carbocycles. The highest BCUT2D eigenvalue weighted by atomic mass is 79.9. The van der Waals surface area contributed by atoms with Crippen LogP contribution in [0.5, 0.6) is 0 Å². The molecule has 1 N–H and O–H groups in total. The van der Waals surface area contributed by atoms with Crippen LogP contribution in [0.3, 0.4) is 0 Å². The van der Waals surface area contributed by atoms with Crippen LogP contribution in [0, 0.1) is 5.41 Å². The summed E-state index contributed by atoms with van der Waals surface area (Å²) >= 11 is 3.44. The highest BCUT2D eigenvalue weighted by molar-refractivity contribution is 9.10. The first kappa shape index (κ1) is 13.8. The Balaban J connectivity index is 1.80. The largest absolute Gasteiger partial charge is 0.383 e. The molecule has 2 aromatic rings. The van der Waals surface area contributed by atoms with Crippen LogP contribution >= 0.6 is 15.9 Å². The van der Waals surface area contributed by atoms with Crippen molar-refractivity contribution in [3.63, 3.8) is 0 Å². The molecule has 1 fully saturated rings. The average Bonchev–Trinajstić information content (AvgIpc) is 2.45. The lowest BCUT2D eigenvalue weighted by atomic mass is 9.76. The van der Waals surface area contributed by atoms with Crippen molar-refractivity contribution in [1.29, 1.82) is 0 Å². The van der Waals surface area contributed by atoms with E-state index in [1.807, 2.05) is 24.5 Å². The van der Waals surface area contributed by atoms with E-state index >= 15 is 0 Å². The molecule has 2 aromatic heterocycles. The van der Waals surface area contributed by atoms with Crippen LogP contribution in [0.1, 0.15) is 39.0 Å². The zero-order valence-corrected chi connectivity index (χ0v) is 13.4. The van der Waals surface area contributed by atoms with Gasteiger partial charge in [0, 0.05) is 23.4 Å². The molecule has 0 spiro atoms. The van der Waals surface area contributed by atoms with Crippen molar-refractivity contribution in [2.24, 2.45) is 5.41 Å². The second-order valence-corrected chi connectivity index (χ2v) is 7.02. The molecule has 0 bridgehead atoms. The van der Waals surface area contributed by atoms with Gasteiger partial charge in [-0.2, -0.15) is 0 Å². The molecule has 106 valence electrons. The maximum absolute atomic E-state index is 4.50. The fourth-order valence-corrected chi connectivity index (χ4v) is 3.36. The van der Waals surface area contributed by atoms with E-state index in [4.69, 9.17) is 0 Å². The zero-order chi connectivity index (χ0) is 14.0. The van der Waals surface area contributed by atoms with Gasteiger partial charge in [-0.25, -0.2) is 0 Å². The number of aromatic nitrogens is 2. The number of anilines is 1. The maximum Gasteiger partial charge on any atom is 0.112 e. The quantitative estimate of drug-likeness (QED) is 0.878. The van der Waals surface area contributed by atoms with Gasteiger partial charge >= 0.3 is 0 Å². The normalized spacial score (nSPS) is 18.1. The van der Waals surface area contributed by atoms with Crippen LogP contribution in [0.4, 0.5) is 5.69 Å². The number of rotatable bonds is 3. The molecule has 1 aliphatic rings. The third-order valence-electron chi connectivity index (χ3n) is 4.31. The van der Waals surface area contributed by atoms with E-state index in [1.54, 1.807) is 0 Å². The van der Waals surface area contributed by atoms with Crippen molar-refractivity contribution in [1.82, 2.24) is 9.97 Å². The van der Waals surface area contributed by atoms with Gasteiger partial charge in [0.1, 0.15) is 5.52 Å². The number of hydrogen-bond acceptors (Lipinski definition) is 3. The standard InChI is InChI=1S/C16H20BrN3/c1-16(6-3-2-4-7-16)11-20-13-5-8-18-14-9-12(17)10-19-15(13)14/h5,8-10H,2-4,6-7,11H2,1H3,(H,18,20). The summed E-state index contributed by atoms with van der Waals surface area (Å²) in [6.45, 7) is 3.41. The zero-order valence-electron chi connectivity index (χ0n) is 11.8. The predicted octanol–water partition coefficient (Wildman–Crippen LogP) is 4.77. The predicted molar refractivity (Wildman–Crippen MR) is 86.9 cm³/mol. The number of fused-ring (bicyclic) bond motifs is 1. The fraction of sp³-hybridized carbons (Fsp3) is 0.500. The van der Waals surface area contributed by atoms with Gasteiger partial charge in [-0.3, -0.25) is 9.97 Å². The smallest absolute Gasteiger partial charge is 0.112 e. The van der Waals surface area contributed by atoms with Crippen LogP contribution in [0.15, 0.2) is 29.0 Å². The lowest BCUT2D eigenvalue weighted by molar-refractivity contribution is 0.233. The molecule has 4 heteroatoms. The van der Waals surface area contributed by atoms with E-state index < -0.39 is 0 Å². The summed E-state index contributed by atoms with van der Waals surface area (Å²) in [7, 11) is 0. The van der Waals surface area contributed by atoms with E-state index in [-0.39, 0.29) is 0 Å². The number of hydrogen-bond donors (Lipinski definition) is 1. The lowest BCUT2D eigenvalue weighted by Crippen LogP contribution is -2.29. The summed E-state index contributed by atoms with van der Waals surface area (Å²) in [5, 5.41) is 3.60. The maximum atomic E-state index is 4.50. The third-order valence-corrected chi connectivity index (χ3v) is 4.74. The van der Waals surface area contributed by atoms with Gasteiger partial charge in [0.25, 0.3) is 0 Å². The SMILES string of the molecule is CC1(CNc2ccnc3cc(Br)cnc23)CCCCC1. The minimum Gasteiger partial charge on any atom is -0.383 e. The molecular formula is C16H20BrN3. The molecule has 0 unspecified atom stereocenters. The molecule has 3 rings (SSSR count). The number of nitrogens with zero attached hydrogens (tertiary/aromatic N) is 2. The van der Waals surface area contributed by atoms with Crippen LogP contribution in [0.2, 0.25) is 0 Å². The van der Waals surface area contributed by atoms with Gasteiger partial charge in [0.05, 0.1) is 11.2 Å². The van der Waals surface area contributed by atoms with E-state index in [9.17, 15) is 0 Å². The summed E-state index contributed by atoms with van der Waals surface area (Å²) in [4.78, 5) is 8.88. The van der Waals surface area contributed by atoms with Crippen molar-refractivity contribution in [3.8, 4) is 0 Å². The Morgan fingerprint density at radius 1 is 1.25 bits per heavy atom. The van der Waals surface area contributed by atoms with Gasteiger partial charge in [0.2, 0.25) is 0 Å². The molecule has 0 atom stereocenters. The van der Waals surface area contributed by atoms with Crippen LogP contribution < -0.4 is 5.32 Å². The van der Waals surface area contributed by atoms with E-state index in [1.165, 1.54) is 32.1 Å². The van der Waals surface area contributed by atoms with Gasteiger partial charge < -0.3 is 5.32 Å². The van der Waals surface area contributed by atoms with Crippen molar-refractivity contribution >= 4 is 32.7 Å². The first-order chi connectivity index (χ1) is 9.66. The molecule has 0 amide bonds. The first-order valence-corrected chi connectivity index (χ1v) is 8.10. The number of nitrogens with one attached hydrogen (secondary N) is 1. The van der Waals surface area contributed by atoms with Gasteiger partial charge in [-0.05, 0) is 46.3 Å². The fourth-order valence-electron chi connectivity index (χ4n) is 3.04. The van der Waals surface area contributed by atoms with E-state index in [0.717, 1.165) is 27.7 Å². The van der Waals surface area contributed by atoms with Gasteiger partial charge in [0.15, 0.2) is 0 Å². The summed E-state index contributed by atoms with van der Waals surface area (Å²) in [5.41, 5.74) is 3.39. The Bertz CT molecular complexity index is 606. The Morgan fingerprint density at radius 2 is 2.05 bits per heavy atom. The average molecular weight is 334 g/mol. The molecule has 1 aliphatic carbocycles. The van der Waals surface area contributed by atoms with Crippen molar-refractivity contribution < 1.29 is 0 Å². The third kappa shape index (κ3) is 2.95. The lowest BCUT2D eigenvalue weighted by Gasteiger charge is -2.34. The molecular weight excluding hydrogens is 314 g/mol. The topological polar surface area (TPSA) is 37.8 Å². The number of pyridine rings is 2. The first-order valence-electron chi connectivity index (χ1n) is 7.30. The molecule has 20 heavy (non-hydrogen) atoms. The molecule has 0 aliphatic heterocycles. The second-order valence-electron chi connectivity index (χ2n) is 6.10. The van der Waals surface area contributed by atoms with Crippen molar-refractivity contribution in [3.05, 3.63) is 29.0 Å². The Morgan fingerprint density at radius 3 is 2.85 bits per heavy atom.